The van der Waals surface area contributed by atoms with Crippen molar-refractivity contribution >= 4 is 28.6 Å². The topological polar surface area (TPSA) is 51.1 Å². The summed E-state index contributed by atoms with van der Waals surface area (Å²) in [6.45, 7) is 3.97. The summed E-state index contributed by atoms with van der Waals surface area (Å²) in [5.74, 6) is 1.00. The predicted molar refractivity (Wildman–Crippen MR) is 74.5 cm³/mol. The van der Waals surface area contributed by atoms with Crippen LogP contribution in [0.2, 0.25) is 0 Å². The van der Waals surface area contributed by atoms with E-state index >= 15 is 0 Å². The maximum Gasteiger partial charge on any atom is 0.157 e. The summed E-state index contributed by atoms with van der Waals surface area (Å²) in [6.07, 6.45) is 5.45. The van der Waals surface area contributed by atoms with Crippen molar-refractivity contribution in [1.82, 2.24) is 13.7 Å². The second-order valence-corrected chi connectivity index (χ2v) is 6.08. The molecule has 2 aromatic heterocycles. The second kappa shape index (κ2) is 4.38. The van der Waals surface area contributed by atoms with Crippen molar-refractivity contribution in [2.45, 2.75) is 19.3 Å². The summed E-state index contributed by atoms with van der Waals surface area (Å²) in [5.41, 5.74) is 2.34. The van der Waals surface area contributed by atoms with Gasteiger partial charge in [0.1, 0.15) is 11.0 Å². The molecule has 6 heteroatoms. The normalized spacial score (nSPS) is 22.4. The van der Waals surface area contributed by atoms with Crippen molar-refractivity contribution in [1.29, 1.82) is 0 Å². The summed E-state index contributed by atoms with van der Waals surface area (Å²) in [4.78, 5) is 6.87. The highest BCUT2D eigenvalue weighted by Gasteiger charge is 2.38. The molecule has 0 N–H and O–H groups in total. The second-order valence-electron chi connectivity index (χ2n) is 5.56. The van der Waals surface area contributed by atoms with Crippen LogP contribution in [0.3, 0.4) is 0 Å². The smallest absolute Gasteiger partial charge is 0.157 e. The molecule has 0 amide bonds. The maximum atomic E-state index is 5.58. The quantitative estimate of drug-likeness (QED) is 0.798. The Morgan fingerprint density at radius 1 is 1.21 bits per heavy atom. The van der Waals surface area contributed by atoms with Gasteiger partial charge in [-0.2, -0.15) is 8.75 Å². The summed E-state index contributed by atoms with van der Waals surface area (Å²) in [7, 11) is 0. The molecule has 0 bridgehead atoms. The number of rotatable bonds is 1. The molecule has 0 atom stereocenters. The first-order valence-corrected chi connectivity index (χ1v) is 7.49. The third-order valence-electron chi connectivity index (χ3n) is 4.46. The molecule has 2 aliphatic rings. The fourth-order valence-electron chi connectivity index (χ4n) is 3.17. The van der Waals surface area contributed by atoms with Crippen LogP contribution >= 0.6 is 11.7 Å². The van der Waals surface area contributed by atoms with Gasteiger partial charge in [-0.15, -0.1) is 0 Å². The van der Waals surface area contributed by atoms with Crippen molar-refractivity contribution in [2.75, 3.05) is 31.2 Å². The van der Waals surface area contributed by atoms with Gasteiger partial charge in [-0.25, -0.2) is 4.98 Å². The first-order valence-electron chi connectivity index (χ1n) is 6.76. The Labute approximate surface area is 115 Å². The molecule has 0 aromatic carbocycles. The summed E-state index contributed by atoms with van der Waals surface area (Å²) in [6, 6.07) is 1.93. The van der Waals surface area contributed by atoms with E-state index in [0.717, 1.165) is 43.2 Å². The zero-order chi connectivity index (χ0) is 12.7. The van der Waals surface area contributed by atoms with Crippen LogP contribution in [0.1, 0.15) is 19.3 Å². The van der Waals surface area contributed by atoms with Gasteiger partial charge in [-0.05, 0) is 30.7 Å². The largest absolute Gasteiger partial charge is 0.381 e. The minimum absolute atomic E-state index is 0.435. The lowest BCUT2D eigenvalue weighted by Gasteiger charge is -2.38. The molecule has 0 saturated carbocycles. The molecule has 0 unspecified atom stereocenters. The number of piperidine rings is 1. The lowest BCUT2D eigenvalue weighted by atomic mass is 9.78. The molecular formula is C13H16N4OS. The van der Waals surface area contributed by atoms with Crippen LogP contribution in [0.5, 0.6) is 0 Å². The molecule has 5 nitrogen and oxygen atoms in total. The molecule has 2 saturated heterocycles. The minimum Gasteiger partial charge on any atom is -0.381 e. The van der Waals surface area contributed by atoms with Crippen LogP contribution in [0, 0.1) is 5.41 Å². The highest BCUT2D eigenvalue weighted by Crippen LogP contribution is 2.40. The number of pyridine rings is 1. The van der Waals surface area contributed by atoms with E-state index in [1.54, 1.807) is 0 Å². The summed E-state index contributed by atoms with van der Waals surface area (Å²) in [5, 5.41) is 0. The van der Waals surface area contributed by atoms with Crippen molar-refractivity contribution in [3.8, 4) is 0 Å². The van der Waals surface area contributed by atoms with Crippen LogP contribution in [0.25, 0.3) is 11.0 Å². The Bertz CT molecular complexity index is 583. The van der Waals surface area contributed by atoms with Crippen LogP contribution < -0.4 is 4.90 Å². The number of nitrogens with zero attached hydrogens (tertiary/aromatic N) is 4. The van der Waals surface area contributed by atoms with Crippen LogP contribution in [-0.4, -0.2) is 40.0 Å². The first-order chi connectivity index (χ1) is 9.36. The SMILES string of the molecule is c1cc2nsnc2c(N2CCC3(CCOC3)CC2)n1. The Kier molecular flexibility index (Phi) is 2.66. The van der Waals surface area contributed by atoms with E-state index in [1.165, 1.54) is 31.0 Å². The lowest BCUT2D eigenvalue weighted by molar-refractivity contribution is 0.133. The molecule has 19 heavy (non-hydrogen) atoms. The van der Waals surface area contributed by atoms with Gasteiger partial charge in [0.2, 0.25) is 0 Å². The fourth-order valence-corrected chi connectivity index (χ4v) is 3.70. The van der Waals surface area contributed by atoms with E-state index in [4.69, 9.17) is 4.74 Å². The number of fused-ring (bicyclic) bond motifs is 1. The minimum atomic E-state index is 0.435. The third-order valence-corrected chi connectivity index (χ3v) is 5.01. The van der Waals surface area contributed by atoms with Gasteiger partial charge in [-0.1, -0.05) is 0 Å². The summed E-state index contributed by atoms with van der Waals surface area (Å²) < 4.78 is 14.3. The maximum absolute atomic E-state index is 5.58. The van der Waals surface area contributed by atoms with Crippen molar-refractivity contribution < 1.29 is 4.74 Å². The molecule has 0 radical (unpaired) electrons. The highest BCUT2D eigenvalue weighted by molar-refractivity contribution is 7.00. The monoisotopic (exact) mass is 276 g/mol. The predicted octanol–water partition coefficient (Wildman–Crippen LogP) is 2.09. The Morgan fingerprint density at radius 2 is 2.11 bits per heavy atom. The van der Waals surface area contributed by atoms with Crippen LogP contribution in [-0.2, 0) is 4.74 Å². The van der Waals surface area contributed by atoms with E-state index in [2.05, 4.69) is 18.6 Å². The number of anilines is 1. The van der Waals surface area contributed by atoms with Gasteiger partial charge >= 0.3 is 0 Å². The van der Waals surface area contributed by atoms with E-state index in [-0.39, 0.29) is 0 Å². The van der Waals surface area contributed by atoms with Gasteiger partial charge in [0.05, 0.1) is 18.3 Å². The molecule has 2 aliphatic heterocycles. The van der Waals surface area contributed by atoms with Gasteiger partial charge in [0.25, 0.3) is 0 Å². The Balaban J connectivity index is 1.59. The van der Waals surface area contributed by atoms with Gasteiger partial charge in [0, 0.05) is 25.9 Å². The fraction of sp³-hybridized carbons (Fsp3) is 0.615. The first kappa shape index (κ1) is 11.5. The van der Waals surface area contributed by atoms with Crippen molar-refractivity contribution in [3.05, 3.63) is 12.3 Å². The Morgan fingerprint density at radius 3 is 2.89 bits per heavy atom. The van der Waals surface area contributed by atoms with Crippen LogP contribution in [0.15, 0.2) is 12.3 Å². The number of ether oxygens (including phenoxy) is 1. The standard InChI is InChI=1S/C13H16N4OS/c1-5-14-12(11-10(1)15-19-16-11)17-6-2-13(3-7-17)4-8-18-9-13/h1,5H,2-4,6-9H2. The van der Waals surface area contributed by atoms with Crippen molar-refractivity contribution in [3.63, 3.8) is 0 Å². The lowest BCUT2D eigenvalue weighted by Crippen LogP contribution is -2.40. The molecule has 2 aromatic rings. The molecule has 2 fully saturated rings. The van der Waals surface area contributed by atoms with Gasteiger partial charge in [0.15, 0.2) is 5.82 Å². The molecule has 1 spiro atoms. The zero-order valence-electron chi connectivity index (χ0n) is 10.7. The van der Waals surface area contributed by atoms with Gasteiger partial charge < -0.3 is 9.64 Å². The van der Waals surface area contributed by atoms with E-state index in [9.17, 15) is 0 Å². The molecule has 4 rings (SSSR count). The van der Waals surface area contributed by atoms with Gasteiger partial charge in [-0.3, -0.25) is 0 Å². The number of aromatic nitrogens is 3. The van der Waals surface area contributed by atoms with E-state index in [1.807, 2.05) is 12.3 Å². The third kappa shape index (κ3) is 1.90. The van der Waals surface area contributed by atoms with E-state index in [0.29, 0.717) is 5.41 Å². The van der Waals surface area contributed by atoms with Crippen molar-refractivity contribution in [2.24, 2.45) is 5.41 Å². The highest BCUT2D eigenvalue weighted by atomic mass is 32.1. The average molecular weight is 276 g/mol. The van der Waals surface area contributed by atoms with E-state index < -0.39 is 0 Å². The Hall–Kier alpha value is -1.27. The average Bonchev–Trinajstić information content (AvgIpc) is 3.09. The summed E-state index contributed by atoms with van der Waals surface area (Å²) >= 11 is 1.26. The molecular weight excluding hydrogens is 260 g/mol. The zero-order valence-corrected chi connectivity index (χ0v) is 11.5. The van der Waals surface area contributed by atoms with Crippen LogP contribution in [0.4, 0.5) is 5.82 Å². The molecule has 100 valence electrons. The molecule has 4 heterocycles. The molecule has 0 aliphatic carbocycles. The number of hydrogen-bond donors (Lipinski definition) is 0. The number of hydrogen-bond acceptors (Lipinski definition) is 6.